The van der Waals surface area contributed by atoms with Gasteiger partial charge < -0.3 is 19.5 Å². The molecule has 1 fully saturated rings. The van der Waals surface area contributed by atoms with Gasteiger partial charge in [-0.2, -0.15) is 0 Å². The lowest BCUT2D eigenvalue weighted by molar-refractivity contribution is -0.160. The third-order valence-corrected chi connectivity index (χ3v) is 5.38. The van der Waals surface area contributed by atoms with Crippen LogP contribution in [0.15, 0.2) is 48.5 Å². The Bertz CT molecular complexity index is 827. The van der Waals surface area contributed by atoms with Gasteiger partial charge >= 0.3 is 0 Å². The number of ether oxygens (including phenoxy) is 2. The van der Waals surface area contributed by atoms with Crippen LogP contribution in [0.4, 0.5) is 0 Å². The second-order valence-corrected chi connectivity index (χ2v) is 7.67. The van der Waals surface area contributed by atoms with Crippen LogP contribution < -0.4 is 9.47 Å². The first-order valence-corrected chi connectivity index (χ1v) is 9.91. The van der Waals surface area contributed by atoms with Gasteiger partial charge in [-0.1, -0.05) is 42.5 Å². The fourth-order valence-corrected chi connectivity index (χ4v) is 4.04. The number of benzene rings is 2. The molecular formula is C23H30N2O4. The van der Waals surface area contributed by atoms with Crippen molar-refractivity contribution >= 4 is 5.91 Å². The summed E-state index contributed by atoms with van der Waals surface area (Å²) < 4.78 is 10.9. The van der Waals surface area contributed by atoms with Crippen molar-refractivity contribution in [2.45, 2.75) is 31.5 Å². The molecule has 1 amide bonds. The largest absolute Gasteiger partial charge is 0.493 e. The van der Waals surface area contributed by atoms with Crippen molar-refractivity contribution in [3.63, 3.8) is 0 Å². The summed E-state index contributed by atoms with van der Waals surface area (Å²) in [6.45, 7) is 1.97. The van der Waals surface area contributed by atoms with Crippen LogP contribution in [0, 0.1) is 0 Å². The van der Waals surface area contributed by atoms with Gasteiger partial charge in [0, 0.05) is 31.7 Å². The lowest BCUT2D eigenvalue weighted by Gasteiger charge is -2.40. The highest BCUT2D eigenvalue weighted by Gasteiger charge is 2.43. The maximum atomic E-state index is 13.2. The number of aliphatic hydroxyl groups is 1. The Labute approximate surface area is 172 Å². The van der Waals surface area contributed by atoms with E-state index in [1.807, 2.05) is 60.5 Å². The quantitative estimate of drug-likeness (QED) is 0.741. The molecule has 1 heterocycles. The van der Waals surface area contributed by atoms with E-state index in [2.05, 4.69) is 0 Å². The van der Waals surface area contributed by atoms with Crippen LogP contribution in [0.3, 0.4) is 0 Å². The molecule has 0 saturated carbocycles. The van der Waals surface area contributed by atoms with Crippen LogP contribution in [0.25, 0.3) is 0 Å². The number of likely N-dealkylation sites (N-methyl/N-ethyl adjacent to an activating group) is 1. The second-order valence-electron chi connectivity index (χ2n) is 7.67. The highest BCUT2D eigenvalue weighted by atomic mass is 16.5. The van der Waals surface area contributed by atoms with Gasteiger partial charge in [0.15, 0.2) is 17.1 Å². The average Bonchev–Trinajstić information content (AvgIpc) is 2.72. The van der Waals surface area contributed by atoms with Gasteiger partial charge in [-0.25, -0.2) is 0 Å². The van der Waals surface area contributed by atoms with Gasteiger partial charge in [0.2, 0.25) is 0 Å². The van der Waals surface area contributed by atoms with Crippen LogP contribution in [0.2, 0.25) is 0 Å². The first kappa shape index (κ1) is 21.1. The van der Waals surface area contributed by atoms with Crippen molar-refractivity contribution < 1.29 is 19.4 Å². The number of methoxy groups -OCH3 is 2. The monoisotopic (exact) mass is 398 g/mol. The van der Waals surface area contributed by atoms with Crippen molar-refractivity contribution in [2.24, 2.45) is 0 Å². The average molecular weight is 399 g/mol. The van der Waals surface area contributed by atoms with E-state index in [0.717, 1.165) is 17.5 Å². The number of nitrogens with zero attached hydrogens (tertiary/aromatic N) is 2. The van der Waals surface area contributed by atoms with Crippen molar-refractivity contribution in [1.29, 1.82) is 0 Å². The molecule has 2 aromatic rings. The third-order valence-electron chi connectivity index (χ3n) is 5.38. The number of amides is 1. The van der Waals surface area contributed by atoms with Crippen LogP contribution in [0.5, 0.6) is 11.5 Å². The van der Waals surface area contributed by atoms with E-state index >= 15 is 0 Å². The molecule has 156 valence electrons. The molecule has 6 heteroatoms. The summed E-state index contributed by atoms with van der Waals surface area (Å²) in [5.74, 6) is 1.03. The highest BCUT2D eigenvalue weighted by molar-refractivity contribution is 5.86. The number of carbonyl (C=O) groups excluding carboxylic acids is 1. The molecule has 1 aliphatic rings. The minimum absolute atomic E-state index is 0.228. The summed E-state index contributed by atoms with van der Waals surface area (Å²) in [7, 11) is 5.12. The van der Waals surface area contributed by atoms with E-state index in [9.17, 15) is 9.90 Å². The van der Waals surface area contributed by atoms with Crippen LogP contribution in [-0.2, 0) is 17.9 Å². The van der Waals surface area contributed by atoms with Gasteiger partial charge in [0.1, 0.15) is 0 Å². The summed E-state index contributed by atoms with van der Waals surface area (Å²) in [4.78, 5) is 16.9. The molecule has 1 saturated heterocycles. The van der Waals surface area contributed by atoms with Crippen molar-refractivity contribution in [3.05, 3.63) is 59.7 Å². The zero-order valence-corrected chi connectivity index (χ0v) is 17.4. The molecule has 29 heavy (non-hydrogen) atoms. The van der Waals surface area contributed by atoms with Gasteiger partial charge in [-0.05, 0) is 31.5 Å². The molecular weight excluding hydrogens is 368 g/mol. The van der Waals surface area contributed by atoms with E-state index in [0.29, 0.717) is 44.1 Å². The number of piperidine rings is 1. The Hall–Kier alpha value is -2.57. The molecule has 0 aromatic heterocycles. The van der Waals surface area contributed by atoms with E-state index in [-0.39, 0.29) is 5.91 Å². The lowest BCUT2D eigenvalue weighted by Crippen LogP contribution is -2.57. The summed E-state index contributed by atoms with van der Waals surface area (Å²) in [5, 5.41) is 11.2. The van der Waals surface area contributed by atoms with Gasteiger partial charge in [0.05, 0.1) is 14.2 Å². The van der Waals surface area contributed by atoms with Gasteiger partial charge in [0.25, 0.3) is 5.91 Å². The highest BCUT2D eigenvalue weighted by Crippen LogP contribution is 2.33. The summed E-state index contributed by atoms with van der Waals surface area (Å²) in [5.41, 5.74) is 0.635. The predicted molar refractivity (Wildman–Crippen MR) is 112 cm³/mol. The number of carbonyl (C=O) groups is 1. The fraction of sp³-hybridized carbons (Fsp3) is 0.435. The molecule has 0 unspecified atom stereocenters. The molecule has 6 nitrogen and oxygen atoms in total. The Morgan fingerprint density at radius 3 is 2.55 bits per heavy atom. The van der Waals surface area contributed by atoms with Gasteiger partial charge in [-0.3, -0.25) is 9.69 Å². The van der Waals surface area contributed by atoms with E-state index in [1.165, 1.54) is 0 Å². The number of para-hydroxylation sites is 1. The molecule has 0 bridgehead atoms. The first-order valence-electron chi connectivity index (χ1n) is 9.91. The zero-order chi connectivity index (χ0) is 20.9. The first-order chi connectivity index (χ1) is 14.0. The maximum absolute atomic E-state index is 13.2. The van der Waals surface area contributed by atoms with E-state index < -0.39 is 5.60 Å². The number of hydrogen-bond acceptors (Lipinski definition) is 5. The predicted octanol–water partition coefficient (Wildman–Crippen LogP) is 2.69. The molecule has 0 spiro atoms. The third kappa shape index (κ3) is 4.89. The normalized spacial score (nSPS) is 19.5. The summed E-state index contributed by atoms with van der Waals surface area (Å²) in [6.07, 6.45) is 1.23. The van der Waals surface area contributed by atoms with Gasteiger partial charge in [-0.15, -0.1) is 0 Å². The van der Waals surface area contributed by atoms with E-state index in [1.54, 1.807) is 19.1 Å². The smallest absolute Gasteiger partial charge is 0.256 e. The zero-order valence-electron chi connectivity index (χ0n) is 17.4. The molecule has 0 aliphatic carbocycles. The summed E-state index contributed by atoms with van der Waals surface area (Å²) in [6, 6.07) is 15.7. The topological polar surface area (TPSA) is 62.2 Å². The SMILES string of the molecule is COc1cccc(CN2CCC[C@@](O)(CN(C)Cc3ccccc3)C2=O)c1OC. The Morgan fingerprint density at radius 1 is 1.10 bits per heavy atom. The minimum atomic E-state index is -1.38. The van der Waals surface area contributed by atoms with Crippen LogP contribution in [-0.4, -0.2) is 60.8 Å². The number of rotatable bonds is 8. The Balaban J connectivity index is 1.71. The number of likely N-dealkylation sites (tertiary alicyclic amines) is 1. The summed E-state index contributed by atoms with van der Waals surface area (Å²) >= 11 is 0. The Kier molecular flexibility index (Phi) is 6.77. The van der Waals surface area contributed by atoms with Crippen molar-refractivity contribution in [1.82, 2.24) is 9.80 Å². The van der Waals surface area contributed by atoms with E-state index in [4.69, 9.17) is 9.47 Å². The molecule has 1 aliphatic heterocycles. The maximum Gasteiger partial charge on any atom is 0.256 e. The Morgan fingerprint density at radius 2 is 1.86 bits per heavy atom. The van der Waals surface area contributed by atoms with Crippen molar-refractivity contribution in [2.75, 3.05) is 34.4 Å². The fourth-order valence-electron chi connectivity index (χ4n) is 4.04. The van der Waals surface area contributed by atoms with Crippen LogP contribution in [0.1, 0.15) is 24.0 Å². The molecule has 0 radical (unpaired) electrons. The minimum Gasteiger partial charge on any atom is -0.493 e. The molecule has 1 atom stereocenters. The molecule has 1 N–H and O–H groups in total. The second kappa shape index (κ2) is 9.29. The number of hydrogen-bond donors (Lipinski definition) is 1. The standard InChI is InChI=1S/C23H30N2O4/c1-24(15-18-9-5-4-6-10-18)17-23(27)13-8-14-25(22(23)26)16-19-11-7-12-20(28-2)21(19)29-3/h4-7,9-12,27H,8,13-17H2,1-3H3/t23-/m1/s1. The van der Waals surface area contributed by atoms with Crippen LogP contribution >= 0.6 is 0 Å². The molecule has 3 rings (SSSR count). The van der Waals surface area contributed by atoms with Crippen molar-refractivity contribution in [3.8, 4) is 11.5 Å². The lowest BCUT2D eigenvalue weighted by atomic mass is 9.90. The molecule has 2 aromatic carbocycles.